The molecule has 0 nitrogen and oxygen atoms in total. The van der Waals surface area contributed by atoms with Crippen LogP contribution >= 0.6 is 0 Å². The van der Waals surface area contributed by atoms with Gasteiger partial charge >= 0.3 is 0 Å². The van der Waals surface area contributed by atoms with Crippen LogP contribution in [0.2, 0.25) is 32.2 Å². The molecule has 0 fully saturated rings. The van der Waals surface area contributed by atoms with Gasteiger partial charge < -0.3 is 0 Å². The molecule has 1 atom stereocenters. The Balaban J connectivity index is 3.91. The topological polar surface area (TPSA) is 0 Å². The summed E-state index contributed by atoms with van der Waals surface area (Å²) in [5.41, 5.74) is 6.85. The lowest BCUT2D eigenvalue weighted by molar-refractivity contribution is 1.43. The van der Waals surface area contributed by atoms with Crippen molar-refractivity contribution in [2.24, 2.45) is 0 Å². The molecule has 0 aliphatic carbocycles. The summed E-state index contributed by atoms with van der Waals surface area (Å²) in [6.07, 6.45) is 0. The molecule has 2 heteroatoms. The first-order valence-corrected chi connectivity index (χ1v) is 10.0. The predicted octanol–water partition coefficient (Wildman–Crippen LogP) is 2.28. The highest BCUT2D eigenvalue weighted by Gasteiger charge is 2.07. The SMILES string of the molecule is CC[SiH](C)C#C[Si](C)(C)C. The van der Waals surface area contributed by atoms with E-state index in [1.165, 1.54) is 6.04 Å². The van der Waals surface area contributed by atoms with Crippen molar-refractivity contribution in [3.8, 4) is 11.1 Å². The lowest BCUT2D eigenvalue weighted by Gasteiger charge is -2.04. The van der Waals surface area contributed by atoms with E-state index in [1.807, 2.05) is 0 Å². The van der Waals surface area contributed by atoms with Gasteiger partial charge in [0, 0.05) is 0 Å². The van der Waals surface area contributed by atoms with E-state index in [0.717, 1.165) is 0 Å². The second-order valence-corrected chi connectivity index (χ2v) is 11.5. The van der Waals surface area contributed by atoms with Gasteiger partial charge in [-0.15, -0.1) is 11.1 Å². The molecule has 10 heavy (non-hydrogen) atoms. The average molecular weight is 170 g/mol. The van der Waals surface area contributed by atoms with Crippen molar-refractivity contribution in [3.05, 3.63) is 0 Å². The van der Waals surface area contributed by atoms with E-state index in [-0.39, 0.29) is 0 Å². The summed E-state index contributed by atoms with van der Waals surface area (Å²) in [5, 5.41) is 0. The Morgan fingerprint density at radius 3 is 2.10 bits per heavy atom. The average Bonchev–Trinajstić information content (AvgIpc) is 1.81. The van der Waals surface area contributed by atoms with Crippen molar-refractivity contribution in [1.29, 1.82) is 0 Å². The molecular formula is C8H18Si2. The molecule has 0 aliphatic heterocycles. The van der Waals surface area contributed by atoms with Crippen LogP contribution < -0.4 is 0 Å². The van der Waals surface area contributed by atoms with Gasteiger partial charge in [-0.05, 0) is 0 Å². The van der Waals surface area contributed by atoms with E-state index >= 15 is 0 Å². The fourth-order valence-corrected chi connectivity index (χ4v) is 3.36. The highest BCUT2D eigenvalue weighted by molar-refractivity contribution is 6.85. The number of hydrogen-bond donors (Lipinski definition) is 0. The summed E-state index contributed by atoms with van der Waals surface area (Å²) in [6.45, 7) is 11.5. The Morgan fingerprint density at radius 2 is 1.80 bits per heavy atom. The van der Waals surface area contributed by atoms with Crippen molar-refractivity contribution in [2.75, 3.05) is 0 Å². The molecule has 0 aliphatic rings. The largest absolute Gasteiger partial charge is 0.143 e. The highest BCUT2D eigenvalue weighted by atomic mass is 28.3. The van der Waals surface area contributed by atoms with E-state index in [2.05, 4.69) is 44.2 Å². The molecule has 0 spiro atoms. The first kappa shape index (κ1) is 9.99. The summed E-state index contributed by atoms with van der Waals surface area (Å²) in [5.74, 6) is 0. The predicted molar refractivity (Wildman–Crippen MR) is 54.6 cm³/mol. The minimum absolute atomic E-state index is 0.608. The Hall–Kier alpha value is -0.00623. The Labute approximate surface area is 67.7 Å². The fraction of sp³-hybridized carbons (Fsp3) is 0.750. The van der Waals surface area contributed by atoms with Crippen LogP contribution in [0.5, 0.6) is 0 Å². The summed E-state index contributed by atoms with van der Waals surface area (Å²) in [7, 11) is -1.67. The van der Waals surface area contributed by atoms with Gasteiger partial charge in [-0.3, -0.25) is 0 Å². The van der Waals surface area contributed by atoms with Gasteiger partial charge in [0.1, 0.15) is 16.9 Å². The van der Waals surface area contributed by atoms with Gasteiger partial charge in [0.25, 0.3) is 0 Å². The fourth-order valence-electron chi connectivity index (χ4n) is 0.442. The first-order valence-electron chi connectivity index (χ1n) is 3.98. The third-order valence-corrected chi connectivity index (χ3v) is 4.35. The van der Waals surface area contributed by atoms with Crippen molar-refractivity contribution in [2.45, 2.75) is 39.2 Å². The molecule has 0 bridgehead atoms. The van der Waals surface area contributed by atoms with Crippen LogP contribution in [0.25, 0.3) is 0 Å². The van der Waals surface area contributed by atoms with Crippen LogP contribution in [0, 0.1) is 11.1 Å². The normalized spacial score (nSPS) is 13.7. The van der Waals surface area contributed by atoms with Gasteiger partial charge in [0.15, 0.2) is 0 Å². The zero-order valence-corrected chi connectivity index (χ0v) is 9.94. The van der Waals surface area contributed by atoms with E-state index in [4.69, 9.17) is 0 Å². The third kappa shape index (κ3) is 6.12. The van der Waals surface area contributed by atoms with E-state index < -0.39 is 16.9 Å². The highest BCUT2D eigenvalue weighted by Crippen LogP contribution is 1.97. The van der Waals surface area contributed by atoms with Crippen LogP contribution in [-0.2, 0) is 0 Å². The number of hydrogen-bond acceptors (Lipinski definition) is 0. The Morgan fingerprint density at radius 1 is 1.30 bits per heavy atom. The molecule has 0 saturated heterocycles. The van der Waals surface area contributed by atoms with Crippen molar-refractivity contribution in [3.63, 3.8) is 0 Å². The second kappa shape index (κ2) is 4.00. The van der Waals surface area contributed by atoms with Crippen molar-refractivity contribution >= 4 is 16.9 Å². The molecule has 58 valence electrons. The van der Waals surface area contributed by atoms with Gasteiger partial charge in [-0.1, -0.05) is 39.2 Å². The van der Waals surface area contributed by atoms with E-state index in [0.29, 0.717) is 0 Å². The molecule has 0 amide bonds. The van der Waals surface area contributed by atoms with E-state index in [1.54, 1.807) is 0 Å². The standard InChI is InChI=1S/C8H18Si2/c1-6-9(2)7-8-10(3,4)5/h9H,6H2,1-5H3. The maximum Gasteiger partial charge on any atom is 0.128 e. The van der Waals surface area contributed by atoms with Crippen molar-refractivity contribution in [1.82, 2.24) is 0 Å². The van der Waals surface area contributed by atoms with Gasteiger partial charge in [-0.2, -0.15) is 0 Å². The lowest BCUT2D eigenvalue weighted by Crippen LogP contribution is -2.17. The Kier molecular flexibility index (Phi) is 3.99. The third-order valence-electron chi connectivity index (χ3n) is 1.31. The molecule has 0 saturated carbocycles. The minimum Gasteiger partial charge on any atom is -0.143 e. The molecule has 0 heterocycles. The second-order valence-electron chi connectivity index (χ2n) is 3.83. The van der Waals surface area contributed by atoms with Gasteiger partial charge in [-0.25, -0.2) is 0 Å². The maximum absolute atomic E-state index is 3.42. The Bertz CT molecular complexity index is 145. The van der Waals surface area contributed by atoms with Crippen LogP contribution in [-0.4, -0.2) is 16.9 Å². The van der Waals surface area contributed by atoms with Gasteiger partial charge in [0.05, 0.1) is 0 Å². The molecular weight excluding hydrogens is 152 g/mol. The lowest BCUT2D eigenvalue weighted by atomic mass is 11.0. The van der Waals surface area contributed by atoms with Crippen LogP contribution in [0.15, 0.2) is 0 Å². The zero-order chi connectivity index (χ0) is 8.20. The molecule has 0 aromatic rings. The smallest absolute Gasteiger partial charge is 0.128 e. The molecule has 1 unspecified atom stereocenters. The summed E-state index contributed by atoms with van der Waals surface area (Å²) >= 11 is 0. The van der Waals surface area contributed by atoms with Crippen LogP contribution in [0.4, 0.5) is 0 Å². The van der Waals surface area contributed by atoms with E-state index in [9.17, 15) is 0 Å². The van der Waals surface area contributed by atoms with Gasteiger partial charge in [0.2, 0.25) is 0 Å². The van der Waals surface area contributed by atoms with Crippen molar-refractivity contribution < 1.29 is 0 Å². The zero-order valence-electron chi connectivity index (χ0n) is 7.78. The monoisotopic (exact) mass is 170 g/mol. The molecule has 0 radical (unpaired) electrons. The molecule has 0 N–H and O–H groups in total. The minimum atomic E-state index is -1.06. The quantitative estimate of drug-likeness (QED) is 0.418. The maximum atomic E-state index is 3.42. The summed E-state index contributed by atoms with van der Waals surface area (Å²) < 4.78 is 0. The molecule has 0 rings (SSSR count). The molecule has 0 aromatic heterocycles. The number of rotatable bonds is 1. The van der Waals surface area contributed by atoms with Crippen LogP contribution in [0.3, 0.4) is 0 Å². The first-order chi connectivity index (χ1) is 4.45. The summed E-state index contributed by atoms with van der Waals surface area (Å²) in [4.78, 5) is 0. The van der Waals surface area contributed by atoms with Crippen LogP contribution in [0.1, 0.15) is 6.92 Å². The summed E-state index contributed by atoms with van der Waals surface area (Å²) in [6, 6.07) is 1.32. The molecule has 0 aromatic carbocycles.